The summed E-state index contributed by atoms with van der Waals surface area (Å²) in [5.41, 5.74) is 0.828. The second-order valence-corrected chi connectivity index (χ2v) is 3.70. The van der Waals surface area contributed by atoms with Crippen molar-refractivity contribution in [3.63, 3.8) is 0 Å². The third kappa shape index (κ3) is 4.42. The number of carboxylic acids is 1. The van der Waals surface area contributed by atoms with Gasteiger partial charge >= 0.3 is 12.0 Å². The Morgan fingerprint density at radius 2 is 2.28 bits per heavy atom. The molecule has 0 radical (unpaired) electrons. The van der Waals surface area contributed by atoms with Crippen molar-refractivity contribution >= 4 is 12.0 Å². The molecule has 0 aliphatic rings. The van der Waals surface area contributed by atoms with E-state index in [4.69, 9.17) is 10.2 Å². The van der Waals surface area contributed by atoms with Crippen LogP contribution in [0, 0.1) is 0 Å². The number of amides is 2. The zero-order valence-corrected chi connectivity index (χ0v) is 9.96. The molecule has 18 heavy (non-hydrogen) atoms. The number of aryl methyl sites for hydroxylation is 1. The predicted octanol–water partition coefficient (Wildman–Crippen LogP) is -1.29. The summed E-state index contributed by atoms with van der Waals surface area (Å²) in [7, 11) is 1.79. The van der Waals surface area contributed by atoms with Crippen LogP contribution < -0.4 is 10.6 Å². The number of rotatable bonds is 6. The average Bonchev–Trinajstić information content (AvgIpc) is 2.71. The normalized spacial score (nSPS) is 11.9. The Hall–Kier alpha value is -2.09. The van der Waals surface area contributed by atoms with E-state index in [1.165, 1.54) is 0 Å². The molecule has 1 aromatic rings. The molecule has 0 aliphatic carbocycles. The lowest BCUT2D eigenvalue weighted by atomic mass is 10.3. The molecule has 0 spiro atoms. The minimum Gasteiger partial charge on any atom is -0.480 e. The van der Waals surface area contributed by atoms with E-state index in [2.05, 4.69) is 15.7 Å². The SMILES string of the molecule is Cn1ccc(CCNC(=O)N[C@@H](CO)C(=O)O)n1. The standard InChI is InChI=1S/C10H16N4O4/c1-14-5-3-7(13-14)2-4-11-10(18)12-8(6-15)9(16)17/h3,5,8,15H,2,4,6H2,1H3,(H,16,17)(H2,11,12,18)/t8-/m0/s1. The minimum atomic E-state index is -1.29. The molecule has 1 atom stereocenters. The molecular formula is C10H16N4O4. The number of carbonyl (C=O) groups excluding carboxylic acids is 1. The fourth-order valence-corrected chi connectivity index (χ4v) is 1.30. The van der Waals surface area contributed by atoms with Gasteiger partial charge in [-0.15, -0.1) is 0 Å². The van der Waals surface area contributed by atoms with Gasteiger partial charge in [-0.2, -0.15) is 5.10 Å². The Balaban J connectivity index is 2.26. The molecular weight excluding hydrogens is 240 g/mol. The number of aliphatic hydroxyl groups excluding tert-OH is 1. The number of carboxylic acid groups (broad SMARTS) is 1. The van der Waals surface area contributed by atoms with Crippen molar-refractivity contribution < 1.29 is 19.8 Å². The van der Waals surface area contributed by atoms with Gasteiger partial charge in [0.05, 0.1) is 12.3 Å². The fourth-order valence-electron chi connectivity index (χ4n) is 1.30. The smallest absolute Gasteiger partial charge is 0.328 e. The Labute approximate surface area is 104 Å². The Kier molecular flexibility index (Phi) is 5.12. The highest BCUT2D eigenvalue weighted by molar-refractivity contribution is 5.82. The van der Waals surface area contributed by atoms with Crippen molar-refractivity contribution in [1.29, 1.82) is 0 Å². The number of urea groups is 1. The number of aliphatic carboxylic acids is 1. The van der Waals surface area contributed by atoms with Crippen molar-refractivity contribution in [3.8, 4) is 0 Å². The molecule has 2 amide bonds. The molecule has 0 bridgehead atoms. The summed E-state index contributed by atoms with van der Waals surface area (Å²) in [5, 5.41) is 26.1. The number of hydrogen-bond donors (Lipinski definition) is 4. The van der Waals surface area contributed by atoms with Gasteiger partial charge in [-0.25, -0.2) is 9.59 Å². The summed E-state index contributed by atoms with van der Waals surface area (Å²) >= 11 is 0. The lowest BCUT2D eigenvalue weighted by molar-refractivity contribution is -0.140. The van der Waals surface area contributed by atoms with Gasteiger partial charge in [-0.1, -0.05) is 0 Å². The zero-order valence-electron chi connectivity index (χ0n) is 9.96. The first-order valence-corrected chi connectivity index (χ1v) is 5.39. The third-order valence-corrected chi connectivity index (χ3v) is 2.22. The highest BCUT2D eigenvalue weighted by atomic mass is 16.4. The first kappa shape index (κ1) is 14.0. The molecule has 0 fully saturated rings. The number of nitrogens with zero attached hydrogens (tertiary/aromatic N) is 2. The van der Waals surface area contributed by atoms with E-state index >= 15 is 0 Å². The van der Waals surface area contributed by atoms with Gasteiger partial charge in [-0.05, 0) is 6.07 Å². The second-order valence-electron chi connectivity index (χ2n) is 3.70. The van der Waals surface area contributed by atoms with Gasteiger partial charge in [0.15, 0.2) is 6.04 Å². The molecule has 0 aliphatic heterocycles. The van der Waals surface area contributed by atoms with E-state index in [1.807, 2.05) is 6.07 Å². The van der Waals surface area contributed by atoms with Crippen molar-refractivity contribution in [1.82, 2.24) is 20.4 Å². The summed E-state index contributed by atoms with van der Waals surface area (Å²) in [6, 6.07) is -0.0971. The van der Waals surface area contributed by atoms with Crippen LogP contribution in [0.15, 0.2) is 12.3 Å². The molecule has 8 nitrogen and oxygen atoms in total. The summed E-state index contributed by atoms with van der Waals surface area (Å²) in [6.07, 6.45) is 2.34. The van der Waals surface area contributed by atoms with Crippen molar-refractivity contribution in [2.24, 2.45) is 7.05 Å². The molecule has 100 valence electrons. The summed E-state index contributed by atoms with van der Waals surface area (Å²) in [5.74, 6) is -1.28. The predicted molar refractivity (Wildman–Crippen MR) is 62.0 cm³/mol. The Bertz CT molecular complexity index is 418. The molecule has 0 unspecified atom stereocenters. The number of hydrogen-bond acceptors (Lipinski definition) is 4. The van der Waals surface area contributed by atoms with Crippen LogP contribution in [0.1, 0.15) is 5.69 Å². The largest absolute Gasteiger partial charge is 0.480 e. The highest BCUT2D eigenvalue weighted by Gasteiger charge is 2.18. The maximum Gasteiger partial charge on any atom is 0.328 e. The molecule has 0 saturated carbocycles. The number of carbonyl (C=O) groups is 2. The topological polar surface area (TPSA) is 116 Å². The van der Waals surface area contributed by atoms with Crippen LogP contribution in [-0.2, 0) is 18.3 Å². The first-order valence-electron chi connectivity index (χ1n) is 5.39. The molecule has 1 rings (SSSR count). The molecule has 4 N–H and O–H groups in total. The highest BCUT2D eigenvalue weighted by Crippen LogP contribution is 1.93. The van der Waals surface area contributed by atoms with Gasteiger partial charge in [0.1, 0.15) is 0 Å². The van der Waals surface area contributed by atoms with E-state index in [0.717, 1.165) is 5.69 Å². The number of aliphatic hydroxyl groups is 1. The average molecular weight is 256 g/mol. The van der Waals surface area contributed by atoms with Gasteiger partial charge in [-0.3, -0.25) is 4.68 Å². The van der Waals surface area contributed by atoms with Crippen LogP contribution >= 0.6 is 0 Å². The molecule has 0 saturated heterocycles. The van der Waals surface area contributed by atoms with E-state index < -0.39 is 24.6 Å². The van der Waals surface area contributed by atoms with Crippen molar-refractivity contribution in [3.05, 3.63) is 18.0 Å². The number of nitrogens with one attached hydrogen (secondary N) is 2. The quantitative estimate of drug-likeness (QED) is 0.505. The van der Waals surface area contributed by atoms with Crippen molar-refractivity contribution in [2.75, 3.05) is 13.2 Å². The van der Waals surface area contributed by atoms with Crippen molar-refractivity contribution in [2.45, 2.75) is 12.5 Å². The first-order chi connectivity index (χ1) is 8.52. The fraction of sp³-hybridized carbons (Fsp3) is 0.500. The summed E-state index contributed by atoms with van der Waals surface area (Å²) in [4.78, 5) is 21.8. The van der Waals surface area contributed by atoms with Crippen LogP contribution in [0.2, 0.25) is 0 Å². The van der Waals surface area contributed by atoms with E-state index in [0.29, 0.717) is 13.0 Å². The van der Waals surface area contributed by atoms with Gasteiger partial charge < -0.3 is 20.8 Å². The van der Waals surface area contributed by atoms with Crippen LogP contribution in [0.3, 0.4) is 0 Å². The van der Waals surface area contributed by atoms with Crippen LogP contribution in [0.5, 0.6) is 0 Å². The molecule has 1 aromatic heterocycles. The van der Waals surface area contributed by atoms with E-state index in [-0.39, 0.29) is 0 Å². The van der Waals surface area contributed by atoms with E-state index in [9.17, 15) is 9.59 Å². The molecule has 0 aromatic carbocycles. The van der Waals surface area contributed by atoms with Crippen LogP contribution in [0.4, 0.5) is 4.79 Å². The van der Waals surface area contributed by atoms with Gasteiger partial charge in [0, 0.05) is 26.2 Å². The Morgan fingerprint density at radius 1 is 1.56 bits per heavy atom. The monoisotopic (exact) mass is 256 g/mol. The Morgan fingerprint density at radius 3 is 2.78 bits per heavy atom. The minimum absolute atomic E-state index is 0.334. The lowest BCUT2D eigenvalue weighted by Crippen LogP contribution is -2.48. The number of aromatic nitrogens is 2. The van der Waals surface area contributed by atoms with Crippen LogP contribution in [0.25, 0.3) is 0 Å². The summed E-state index contributed by atoms with van der Waals surface area (Å²) in [6.45, 7) is -0.316. The molecule has 1 heterocycles. The zero-order chi connectivity index (χ0) is 13.5. The maximum atomic E-state index is 11.3. The lowest BCUT2D eigenvalue weighted by Gasteiger charge is -2.12. The third-order valence-electron chi connectivity index (χ3n) is 2.22. The maximum absolute atomic E-state index is 11.3. The van der Waals surface area contributed by atoms with Gasteiger partial charge in [0.25, 0.3) is 0 Å². The van der Waals surface area contributed by atoms with Gasteiger partial charge in [0.2, 0.25) is 0 Å². The van der Waals surface area contributed by atoms with Crippen LogP contribution in [-0.4, -0.2) is 51.2 Å². The second kappa shape index (κ2) is 6.60. The summed E-state index contributed by atoms with van der Waals surface area (Å²) < 4.78 is 1.65. The van der Waals surface area contributed by atoms with E-state index in [1.54, 1.807) is 17.9 Å². The molecule has 8 heteroatoms.